The number of rotatable bonds is 2. The summed E-state index contributed by atoms with van der Waals surface area (Å²) < 4.78 is 36.5. The van der Waals surface area contributed by atoms with Crippen LogP contribution < -0.4 is 0 Å². The van der Waals surface area contributed by atoms with Crippen molar-refractivity contribution in [3.63, 3.8) is 0 Å². The van der Waals surface area contributed by atoms with Crippen LogP contribution in [0.15, 0.2) is 24.3 Å². The molecule has 0 saturated heterocycles. The summed E-state index contributed by atoms with van der Waals surface area (Å²) in [5.41, 5.74) is -1.87. The number of halogens is 4. The molecule has 0 N–H and O–H groups in total. The molecule has 0 aliphatic heterocycles. The van der Waals surface area contributed by atoms with Gasteiger partial charge in [-0.05, 0) is 6.07 Å². The fourth-order valence-electron chi connectivity index (χ4n) is 0.830. The van der Waals surface area contributed by atoms with E-state index in [2.05, 4.69) is 0 Å². The summed E-state index contributed by atoms with van der Waals surface area (Å²) in [4.78, 5) is 0. The Morgan fingerprint density at radius 1 is 1.08 bits per heavy atom. The van der Waals surface area contributed by atoms with Gasteiger partial charge in [-0.15, -0.1) is 0 Å². The lowest BCUT2D eigenvalue weighted by Crippen LogP contribution is -1.87. The van der Waals surface area contributed by atoms with Crippen LogP contribution in [0.3, 0.4) is 0 Å². The maximum atomic E-state index is 12.4. The fourth-order valence-corrected chi connectivity index (χ4v) is 0.966. The van der Waals surface area contributed by atoms with Crippen LogP contribution in [0.2, 0.25) is 0 Å². The summed E-state index contributed by atoms with van der Waals surface area (Å²) in [6.07, 6.45) is -2.58. The monoisotopic (exact) mass is 194 g/mol. The Hall–Kier alpha value is -0.700. The third kappa shape index (κ3) is 2.14. The van der Waals surface area contributed by atoms with Crippen molar-refractivity contribution in [2.24, 2.45) is 0 Å². The van der Waals surface area contributed by atoms with Crippen molar-refractivity contribution in [3.05, 3.63) is 35.4 Å². The molecule has 12 heavy (non-hydrogen) atoms. The number of alkyl halides is 4. The van der Waals surface area contributed by atoms with E-state index in [4.69, 9.17) is 11.6 Å². The van der Waals surface area contributed by atoms with Crippen LogP contribution in [-0.2, 0) is 0 Å². The van der Waals surface area contributed by atoms with Crippen molar-refractivity contribution in [2.75, 3.05) is 0 Å². The first-order chi connectivity index (χ1) is 5.61. The number of hydrogen-bond donors (Lipinski definition) is 0. The molecule has 0 fully saturated rings. The Morgan fingerprint density at radius 3 is 2.17 bits per heavy atom. The molecule has 1 aromatic rings. The Morgan fingerprint density at radius 2 is 1.67 bits per heavy atom. The summed E-state index contributed by atoms with van der Waals surface area (Å²) >= 11 is 5.07. The molecular formula is C8H6ClF3. The summed E-state index contributed by atoms with van der Waals surface area (Å²) in [5, 5.41) is 0. The van der Waals surface area contributed by atoms with Crippen molar-refractivity contribution < 1.29 is 13.2 Å². The summed E-state index contributed by atoms with van der Waals surface area (Å²) in [7, 11) is 0. The molecule has 1 unspecified atom stereocenters. The summed E-state index contributed by atoms with van der Waals surface area (Å²) in [6.45, 7) is 0. The first-order valence-corrected chi connectivity index (χ1v) is 3.71. The molecule has 0 aliphatic rings. The molecule has 0 nitrogen and oxygen atoms in total. The molecule has 1 atom stereocenters. The lowest BCUT2D eigenvalue weighted by molar-refractivity contribution is 0.151. The van der Waals surface area contributed by atoms with Gasteiger partial charge in [-0.3, -0.25) is 0 Å². The predicted molar refractivity (Wildman–Crippen MR) is 41.1 cm³/mol. The lowest BCUT2D eigenvalue weighted by Gasteiger charge is -2.03. The average molecular weight is 195 g/mol. The van der Waals surface area contributed by atoms with Gasteiger partial charge >= 0.3 is 0 Å². The van der Waals surface area contributed by atoms with Gasteiger partial charge in [0.05, 0.1) is 0 Å². The standard InChI is InChI=1S/C8H6ClF3/c9-7(10)5-2-1-3-6(4-5)8(11)12/h1-4,7-8H. The molecule has 0 radical (unpaired) electrons. The second-order valence-electron chi connectivity index (χ2n) is 2.27. The summed E-state index contributed by atoms with van der Waals surface area (Å²) in [6, 6.07) is 5.01. The lowest BCUT2D eigenvalue weighted by atomic mass is 10.1. The quantitative estimate of drug-likeness (QED) is 0.628. The highest BCUT2D eigenvalue weighted by atomic mass is 35.5. The molecule has 0 heterocycles. The van der Waals surface area contributed by atoms with E-state index in [-0.39, 0.29) is 11.1 Å². The third-order valence-electron chi connectivity index (χ3n) is 1.41. The van der Waals surface area contributed by atoms with E-state index in [0.717, 1.165) is 6.07 Å². The van der Waals surface area contributed by atoms with E-state index in [0.29, 0.717) is 0 Å². The highest BCUT2D eigenvalue weighted by Crippen LogP contribution is 2.26. The number of hydrogen-bond acceptors (Lipinski definition) is 0. The molecule has 4 heteroatoms. The molecule has 0 saturated carbocycles. The van der Waals surface area contributed by atoms with Crippen molar-refractivity contribution in [1.29, 1.82) is 0 Å². The van der Waals surface area contributed by atoms with E-state index < -0.39 is 12.1 Å². The van der Waals surface area contributed by atoms with Gasteiger partial charge in [0.15, 0.2) is 5.63 Å². The Kier molecular flexibility index (Phi) is 2.98. The largest absolute Gasteiger partial charge is 0.263 e. The van der Waals surface area contributed by atoms with Crippen molar-refractivity contribution in [3.8, 4) is 0 Å². The molecule has 1 rings (SSSR count). The maximum Gasteiger partial charge on any atom is 0.263 e. The minimum absolute atomic E-state index is 0.0643. The van der Waals surface area contributed by atoms with E-state index in [9.17, 15) is 13.2 Å². The van der Waals surface area contributed by atoms with Crippen molar-refractivity contribution >= 4 is 11.6 Å². The summed E-state index contributed by atoms with van der Waals surface area (Å²) in [5.74, 6) is 0. The van der Waals surface area contributed by atoms with Gasteiger partial charge in [0.2, 0.25) is 0 Å². The zero-order valence-corrected chi connectivity index (χ0v) is 6.73. The highest BCUT2D eigenvalue weighted by Gasteiger charge is 2.10. The minimum atomic E-state index is -2.58. The van der Waals surface area contributed by atoms with Crippen molar-refractivity contribution in [2.45, 2.75) is 12.1 Å². The van der Waals surface area contributed by atoms with Crippen LogP contribution in [0.1, 0.15) is 23.2 Å². The zero-order chi connectivity index (χ0) is 9.14. The van der Waals surface area contributed by atoms with E-state index in [1.54, 1.807) is 0 Å². The van der Waals surface area contributed by atoms with Gasteiger partial charge in [0.25, 0.3) is 6.43 Å². The van der Waals surface area contributed by atoms with Crippen LogP contribution >= 0.6 is 11.6 Å². The third-order valence-corrected chi connectivity index (χ3v) is 1.67. The van der Waals surface area contributed by atoms with E-state index in [1.807, 2.05) is 0 Å². The number of benzene rings is 1. The highest BCUT2D eigenvalue weighted by molar-refractivity contribution is 6.19. The van der Waals surface area contributed by atoms with Gasteiger partial charge in [0.1, 0.15) is 0 Å². The molecule has 0 bridgehead atoms. The topological polar surface area (TPSA) is 0 Å². The minimum Gasteiger partial charge on any atom is -0.225 e. The van der Waals surface area contributed by atoms with Crippen LogP contribution in [0, 0.1) is 0 Å². The second kappa shape index (κ2) is 3.81. The first kappa shape index (κ1) is 9.39. The molecule has 1 aromatic carbocycles. The molecule has 0 aliphatic carbocycles. The van der Waals surface area contributed by atoms with Gasteiger partial charge in [-0.2, -0.15) is 0 Å². The zero-order valence-electron chi connectivity index (χ0n) is 5.98. The van der Waals surface area contributed by atoms with Crippen molar-refractivity contribution in [1.82, 2.24) is 0 Å². The van der Waals surface area contributed by atoms with Gasteiger partial charge in [-0.25, -0.2) is 13.2 Å². The predicted octanol–water partition coefficient (Wildman–Crippen LogP) is 3.83. The van der Waals surface area contributed by atoms with Crippen LogP contribution in [0.4, 0.5) is 13.2 Å². The van der Waals surface area contributed by atoms with Gasteiger partial charge in [-0.1, -0.05) is 29.8 Å². The van der Waals surface area contributed by atoms with E-state index >= 15 is 0 Å². The maximum absolute atomic E-state index is 12.4. The molecule has 0 spiro atoms. The van der Waals surface area contributed by atoms with Crippen LogP contribution in [0.25, 0.3) is 0 Å². The normalized spacial score (nSPS) is 13.4. The molecule has 66 valence electrons. The second-order valence-corrected chi connectivity index (χ2v) is 2.65. The smallest absolute Gasteiger partial charge is 0.225 e. The Balaban J connectivity index is 2.96. The molecular weight excluding hydrogens is 189 g/mol. The van der Waals surface area contributed by atoms with E-state index in [1.165, 1.54) is 18.2 Å². The molecule has 0 amide bonds. The first-order valence-electron chi connectivity index (χ1n) is 3.27. The van der Waals surface area contributed by atoms with Gasteiger partial charge < -0.3 is 0 Å². The fraction of sp³-hybridized carbons (Fsp3) is 0.250. The van der Waals surface area contributed by atoms with Crippen LogP contribution in [0.5, 0.6) is 0 Å². The molecule has 0 aromatic heterocycles. The Labute approximate surface area is 73.0 Å². The average Bonchev–Trinajstić information content (AvgIpc) is 2.04. The SMILES string of the molecule is FC(F)c1cccc(C(F)Cl)c1. The Bertz CT molecular complexity index is 237. The van der Waals surface area contributed by atoms with Crippen LogP contribution in [-0.4, -0.2) is 0 Å². The van der Waals surface area contributed by atoms with Gasteiger partial charge in [0, 0.05) is 11.1 Å².